The van der Waals surface area contributed by atoms with Gasteiger partial charge < -0.3 is 10.1 Å². The lowest BCUT2D eigenvalue weighted by atomic mass is 10.1. The number of ether oxygens (including phenoxy) is 1. The van der Waals surface area contributed by atoms with Crippen LogP contribution in [0.5, 0.6) is 5.75 Å². The lowest BCUT2D eigenvalue weighted by Crippen LogP contribution is -2.22. The summed E-state index contributed by atoms with van der Waals surface area (Å²) in [5.74, 6) is 2.14. The molecule has 0 atom stereocenters. The van der Waals surface area contributed by atoms with Crippen LogP contribution in [0.3, 0.4) is 0 Å². The standard InChI is InChI=1S/C15H18F3NO/c1-4-5-8-20-14-7-6-12(10-19-11(2)3)9-13(14)15(16,17)18/h1,6-7,9,11,19H,5,8,10H2,2-3H3. The molecular weight excluding hydrogens is 267 g/mol. The molecule has 5 heteroatoms. The number of benzene rings is 1. The maximum Gasteiger partial charge on any atom is 0.419 e. The largest absolute Gasteiger partial charge is 0.492 e. The predicted octanol–water partition coefficient (Wildman–Crippen LogP) is 3.61. The van der Waals surface area contributed by atoms with Crippen molar-refractivity contribution in [3.8, 4) is 18.1 Å². The highest BCUT2D eigenvalue weighted by Gasteiger charge is 2.34. The number of alkyl halides is 3. The first kappa shape index (κ1) is 16.4. The molecule has 0 aliphatic rings. The lowest BCUT2D eigenvalue weighted by Gasteiger charge is -2.16. The van der Waals surface area contributed by atoms with Crippen LogP contribution in [0.25, 0.3) is 0 Å². The average molecular weight is 285 g/mol. The summed E-state index contributed by atoms with van der Waals surface area (Å²) < 4.78 is 44.1. The molecule has 1 rings (SSSR count). The fourth-order valence-electron chi connectivity index (χ4n) is 1.58. The van der Waals surface area contributed by atoms with E-state index in [1.807, 2.05) is 13.8 Å². The molecule has 1 aromatic rings. The van der Waals surface area contributed by atoms with Crippen LogP contribution < -0.4 is 10.1 Å². The van der Waals surface area contributed by atoms with Crippen LogP contribution in [0.1, 0.15) is 31.4 Å². The molecule has 0 heterocycles. The minimum Gasteiger partial charge on any atom is -0.492 e. The highest BCUT2D eigenvalue weighted by atomic mass is 19.4. The Balaban J connectivity index is 2.92. The fourth-order valence-corrected chi connectivity index (χ4v) is 1.58. The molecule has 0 bridgehead atoms. The van der Waals surface area contributed by atoms with Gasteiger partial charge in [-0.1, -0.05) is 19.9 Å². The molecule has 0 aliphatic carbocycles. The topological polar surface area (TPSA) is 21.3 Å². The third kappa shape index (κ3) is 5.14. The predicted molar refractivity (Wildman–Crippen MR) is 72.4 cm³/mol. The van der Waals surface area contributed by atoms with E-state index in [2.05, 4.69) is 11.2 Å². The maximum absolute atomic E-state index is 13.0. The first-order valence-electron chi connectivity index (χ1n) is 6.34. The molecule has 0 radical (unpaired) electrons. The van der Waals surface area contributed by atoms with Gasteiger partial charge in [0.2, 0.25) is 0 Å². The van der Waals surface area contributed by atoms with Gasteiger partial charge in [0.25, 0.3) is 0 Å². The lowest BCUT2D eigenvalue weighted by molar-refractivity contribution is -0.139. The van der Waals surface area contributed by atoms with Crippen molar-refractivity contribution in [2.45, 2.75) is 39.0 Å². The van der Waals surface area contributed by atoms with E-state index in [1.165, 1.54) is 6.07 Å². The summed E-state index contributed by atoms with van der Waals surface area (Å²) in [7, 11) is 0. The van der Waals surface area contributed by atoms with E-state index in [-0.39, 0.29) is 24.8 Å². The number of terminal acetylenes is 1. The highest BCUT2D eigenvalue weighted by molar-refractivity contribution is 5.39. The van der Waals surface area contributed by atoms with Crippen molar-refractivity contribution in [3.63, 3.8) is 0 Å². The molecular formula is C15H18F3NO. The number of rotatable bonds is 6. The molecule has 20 heavy (non-hydrogen) atoms. The summed E-state index contributed by atoms with van der Waals surface area (Å²) in [5.41, 5.74) is -0.201. The molecule has 2 nitrogen and oxygen atoms in total. The minimum atomic E-state index is -4.45. The first-order chi connectivity index (χ1) is 9.34. The van der Waals surface area contributed by atoms with Gasteiger partial charge in [0.15, 0.2) is 0 Å². The third-order valence-corrected chi connectivity index (χ3v) is 2.57. The Morgan fingerprint density at radius 1 is 1.35 bits per heavy atom. The van der Waals surface area contributed by atoms with Gasteiger partial charge in [0, 0.05) is 19.0 Å². The van der Waals surface area contributed by atoms with Crippen molar-refractivity contribution in [2.75, 3.05) is 6.61 Å². The molecule has 0 saturated heterocycles. The van der Waals surface area contributed by atoms with E-state index in [4.69, 9.17) is 11.2 Å². The molecule has 0 spiro atoms. The normalized spacial score (nSPS) is 11.4. The van der Waals surface area contributed by atoms with Crippen molar-refractivity contribution in [1.82, 2.24) is 5.32 Å². The van der Waals surface area contributed by atoms with Gasteiger partial charge in [-0.2, -0.15) is 13.2 Å². The molecule has 0 aromatic heterocycles. The van der Waals surface area contributed by atoms with Gasteiger partial charge in [0.1, 0.15) is 5.75 Å². The molecule has 1 N–H and O–H groups in total. The second-order valence-electron chi connectivity index (χ2n) is 4.67. The van der Waals surface area contributed by atoms with Crippen LogP contribution in [0, 0.1) is 12.3 Å². The molecule has 0 amide bonds. The van der Waals surface area contributed by atoms with E-state index in [9.17, 15) is 13.2 Å². The van der Waals surface area contributed by atoms with Crippen molar-refractivity contribution < 1.29 is 17.9 Å². The zero-order valence-electron chi connectivity index (χ0n) is 11.6. The Morgan fingerprint density at radius 2 is 2.05 bits per heavy atom. The van der Waals surface area contributed by atoms with E-state index < -0.39 is 11.7 Å². The van der Waals surface area contributed by atoms with Gasteiger partial charge >= 0.3 is 6.18 Å². The molecule has 0 unspecified atom stereocenters. The first-order valence-corrected chi connectivity index (χ1v) is 6.34. The smallest absolute Gasteiger partial charge is 0.419 e. The molecule has 0 saturated carbocycles. The Morgan fingerprint density at radius 3 is 2.60 bits per heavy atom. The van der Waals surface area contributed by atoms with E-state index in [0.717, 1.165) is 6.07 Å². The van der Waals surface area contributed by atoms with Crippen LogP contribution in [-0.4, -0.2) is 12.6 Å². The summed E-state index contributed by atoms with van der Waals surface area (Å²) in [6, 6.07) is 4.28. The summed E-state index contributed by atoms with van der Waals surface area (Å²) >= 11 is 0. The molecule has 110 valence electrons. The highest BCUT2D eigenvalue weighted by Crippen LogP contribution is 2.36. The van der Waals surface area contributed by atoms with E-state index in [0.29, 0.717) is 12.1 Å². The third-order valence-electron chi connectivity index (χ3n) is 2.57. The Bertz CT molecular complexity index is 475. The Kier molecular flexibility index (Phi) is 5.90. The summed E-state index contributed by atoms with van der Waals surface area (Å²) in [6.45, 7) is 4.32. The van der Waals surface area contributed by atoms with Crippen molar-refractivity contribution >= 4 is 0 Å². The fraction of sp³-hybridized carbons (Fsp3) is 0.467. The number of nitrogens with one attached hydrogen (secondary N) is 1. The monoisotopic (exact) mass is 285 g/mol. The second kappa shape index (κ2) is 7.20. The molecule has 1 aromatic carbocycles. The summed E-state index contributed by atoms with van der Waals surface area (Å²) in [5, 5.41) is 3.08. The van der Waals surface area contributed by atoms with Gasteiger partial charge in [-0.15, -0.1) is 12.3 Å². The van der Waals surface area contributed by atoms with Crippen LogP contribution >= 0.6 is 0 Å². The van der Waals surface area contributed by atoms with Crippen molar-refractivity contribution in [1.29, 1.82) is 0 Å². The number of halogens is 3. The van der Waals surface area contributed by atoms with Gasteiger partial charge in [0.05, 0.1) is 12.2 Å². The summed E-state index contributed by atoms with van der Waals surface area (Å²) in [6.07, 6.45) is 0.875. The van der Waals surface area contributed by atoms with Crippen molar-refractivity contribution in [3.05, 3.63) is 29.3 Å². The van der Waals surface area contributed by atoms with Crippen LogP contribution in [0.2, 0.25) is 0 Å². The van der Waals surface area contributed by atoms with Crippen molar-refractivity contribution in [2.24, 2.45) is 0 Å². The Labute approximate surface area is 117 Å². The zero-order chi connectivity index (χ0) is 15.2. The van der Waals surface area contributed by atoms with Crippen LogP contribution in [0.15, 0.2) is 18.2 Å². The van der Waals surface area contributed by atoms with E-state index in [1.54, 1.807) is 6.07 Å². The Hall–Kier alpha value is -1.67. The summed E-state index contributed by atoms with van der Waals surface area (Å²) in [4.78, 5) is 0. The van der Waals surface area contributed by atoms with Crippen LogP contribution in [0.4, 0.5) is 13.2 Å². The number of hydrogen-bond acceptors (Lipinski definition) is 2. The minimum absolute atomic E-state index is 0.0726. The van der Waals surface area contributed by atoms with Crippen LogP contribution in [-0.2, 0) is 12.7 Å². The average Bonchev–Trinajstić information content (AvgIpc) is 2.36. The van der Waals surface area contributed by atoms with Gasteiger partial charge in [-0.3, -0.25) is 0 Å². The molecule has 0 fully saturated rings. The molecule has 0 aliphatic heterocycles. The quantitative estimate of drug-likeness (QED) is 0.637. The maximum atomic E-state index is 13.0. The van der Waals surface area contributed by atoms with Gasteiger partial charge in [-0.25, -0.2) is 0 Å². The number of hydrogen-bond donors (Lipinski definition) is 1. The zero-order valence-corrected chi connectivity index (χ0v) is 11.6. The van der Waals surface area contributed by atoms with Gasteiger partial charge in [-0.05, 0) is 17.7 Å². The second-order valence-corrected chi connectivity index (χ2v) is 4.67. The SMILES string of the molecule is C#CCCOc1ccc(CNC(C)C)cc1C(F)(F)F. The van der Waals surface area contributed by atoms with E-state index >= 15 is 0 Å².